The van der Waals surface area contributed by atoms with Crippen LogP contribution < -0.4 is 4.74 Å². The number of rotatable bonds is 8. The third kappa shape index (κ3) is 5.17. The summed E-state index contributed by atoms with van der Waals surface area (Å²) in [6, 6.07) is 5.09. The lowest BCUT2D eigenvalue weighted by Gasteiger charge is -2.33. The first-order chi connectivity index (χ1) is 12.5. The first-order valence-electron chi connectivity index (χ1n) is 9.24. The highest BCUT2D eigenvalue weighted by molar-refractivity contribution is 5.78. The van der Waals surface area contributed by atoms with Crippen LogP contribution in [0.2, 0.25) is 0 Å². The number of carbonyl (C=O) groups excluding carboxylic acids is 1. The van der Waals surface area contributed by atoms with Crippen LogP contribution in [-0.2, 0) is 11.3 Å². The number of ether oxygens (including phenoxy) is 1. The van der Waals surface area contributed by atoms with Crippen molar-refractivity contribution in [2.75, 3.05) is 33.8 Å². The molecule has 0 saturated carbocycles. The third-order valence-electron chi connectivity index (χ3n) is 5.01. The van der Waals surface area contributed by atoms with E-state index in [0.29, 0.717) is 6.54 Å². The van der Waals surface area contributed by atoms with Gasteiger partial charge in [-0.25, -0.2) is 0 Å². The molecule has 1 aliphatic rings. The van der Waals surface area contributed by atoms with E-state index < -0.39 is 4.92 Å². The van der Waals surface area contributed by atoms with Gasteiger partial charge in [0, 0.05) is 32.1 Å². The summed E-state index contributed by atoms with van der Waals surface area (Å²) in [6.07, 6.45) is 3.81. The van der Waals surface area contributed by atoms with Crippen molar-refractivity contribution in [3.63, 3.8) is 0 Å². The van der Waals surface area contributed by atoms with Gasteiger partial charge in [-0.05, 0) is 44.0 Å². The number of unbranched alkanes of at least 4 members (excludes halogenated alkanes) is 1. The highest BCUT2D eigenvalue weighted by Gasteiger charge is 2.27. The molecule has 1 aromatic rings. The van der Waals surface area contributed by atoms with Crippen LogP contribution in [0, 0.1) is 16.0 Å². The lowest BCUT2D eigenvalue weighted by Crippen LogP contribution is -2.41. The predicted octanol–water partition coefficient (Wildman–Crippen LogP) is 3.07. The normalized spacial score (nSPS) is 15.7. The Labute approximate surface area is 155 Å². The first-order valence-corrected chi connectivity index (χ1v) is 9.24. The molecule has 0 aliphatic carbocycles. The summed E-state index contributed by atoms with van der Waals surface area (Å²) in [5, 5.41) is 11.2. The largest absolute Gasteiger partial charge is 0.490 e. The Morgan fingerprint density at radius 3 is 2.65 bits per heavy atom. The fraction of sp³-hybridized carbons (Fsp3) is 0.632. The number of nitro benzene ring substituents is 1. The van der Waals surface area contributed by atoms with Crippen LogP contribution >= 0.6 is 0 Å². The molecule has 1 aliphatic heterocycles. The van der Waals surface area contributed by atoms with Crippen LogP contribution in [0.1, 0.15) is 38.2 Å². The molecule has 1 saturated heterocycles. The number of carbonyl (C=O) groups is 1. The summed E-state index contributed by atoms with van der Waals surface area (Å²) >= 11 is 0. The van der Waals surface area contributed by atoms with Crippen LogP contribution in [0.4, 0.5) is 5.69 Å². The maximum Gasteiger partial charge on any atom is 0.311 e. The van der Waals surface area contributed by atoms with Crippen LogP contribution in [0.25, 0.3) is 0 Å². The number of likely N-dealkylation sites (tertiary alicyclic amines) is 1. The number of nitrogens with zero attached hydrogens (tertiary/aromatic N) is 3. The zero-order valence-corrected chi connectivity index (χ0v) is 15.9. The van der Waals surface area contributed by atoms with Crippen molar-refractivity contribution in [2.45, 2.75) is 39.2 Å². The second-order valence-electron chi connectivity index (χ2n) is 6.93. The maximum absolute atomic E-state index is 12.5. The molecule has 1 heterocycles. The molecular weight excluding hydrogens is 334 g/mol. The van der Waals surface area contributed by atoms with Crippen molar-refractivity contribution in [3.05, 3.63) is 33.9 Å². The topological polar surface area (TPSA) is 75.9 Å². The van der Waals surface area contributed by atoms with Crippen molar-refractivity contribution in [2.24, 2.45) is 5.92 Å². The second-order valence-corrected chi connectivity index (χ2v) is 6.93. The summed E-state index contributed by atoms with van der Waals surface area (Å²) in [5.74, 6) is 0.620. The van der Waals surface area contributed by atoms with Gasteiger partial charge in [0.2, 0.25) is 5.91 Å². The van der Waals surface area contributed by atoms with E-state index in [2.05, 4.69) is 11.8 Å². The van der Waals surface area contributed by atoms with Crippen molar-refractivity contribution in [1.82, 2.24) is 9.80 Å². The zero-order valence-electron chi connectivity index (χ0n) is 15.9. The van der Waals surface area contributed by atoms with Crippen LogP contribution in [-0.4, -0.2) is 54.4 Å². The van der Waals surface area contributed by atoms with Gasteiger partial charge in [0.25, 0.3) is 0 Å². The average Bonchev–Trinajstić information content (AvgIpc) is 2.66. The van der Waals surface area contributed by atoms with E-state index in [1.165, 1.54) is 7.11 Å². The molecule has 0 N–H and O–H groups in total. The fourth-order valence-corrected chi connectivity index (χ4v) is 3.39. The molecule has 2 rings (SSSR count). The lowest BCUT2D eigenvalue weighted by molar-refractivity contribution is -0.385. The van der Waals surface area contributed by atoms with Crippen molar-refractivity contribution < 1.29 is 14.5 Å². The average molecular weight is 363 g/mol. The molecule has 0 unspecified atom stereocenters. The molecule has 0 atom stereocenters. The van der Waals surface area contributed by atoms with Gasteiger partial charge in [-0.2, -0.15) is 0 Å². The molecule has 1 fully saturated rings. The van der Waals surface area contributed by atoms with E-state index in [1.54, 1.807) is 12.1 Å². The fourth-order valence-electron chi connectivity index (χ4n) is 3.39. The molecule has 1 amide bonds. The number of hydrogen-bond acceptors (Lipinski definition) is 5. The van der Waals surface area contributed by atoms with Crippen LogP contribution in [0.3, 0.4) is 0 Å². The molecule has 7 nitrogen and oxygen atoms in total. The van der Waals surface area contributed by atoms with Gasteiger partial charge in [0.1, 0.15) is 0 Å². The minimum Gasteiger partial charge on any atom is -0.490 e. The smallest absolute Gasteiger partial charge is 0.311 e. The Morgan fingerprint density at radius 1 is 1.38 bits per heavy atom. The summed E-state index contributed by atoms with van der Waals surface area (Å²) < 4.78 is 5.04. The van der Waals surface area contributed by atoms with Gasteiger partial charge in [-0.3, -0.25) is 19.8 Å². The summed E-state index contributed by atoms with van der Waals surface area (Å²) in [4.78, 5) is 27.3. The number of methoxy groups -OCH3 is 1. The Hall–Kier alpha value is -2.15. The number of amides is 1. The Bertz CT molecular complexity index is 627. The van der Waals surface area contributed by atoms with Crippen molar-refractivity contribution in [1.29, 1.82) is 0 Å². The highest BCUT2D eigenvalue weighted by atomic mass is 16.6. The van der Waals surface area contributed by atoms with E-state index >= 15 is 0 Å². The van der Waals surface area contributed by atoms with E-state index in [9.17, 15) is 14.9 Å². The number of benzene rings is 1. The standard InChI is InChI=1S/C19H29N3O4/c1-4-5-10-20(2)19(23)16-8-11-21(12-9-16)14-15-6-7-18(26-3)17(13-15)22(24)25/h6-7,13,16H,4-5,8-12,14H2,1-3H3. The Morgan fingerprint density at radius 2 is 2.08 bits per heavy atom. The monoisotopic (exact) mass is 363 g/mol. The molecule has 1 aromatic carbocycles. The molecular formula is C19H29N3O4. The maximum atomic E-state index is 12.5. The van der Waals surface area contributed by atoms with E-state index in [-0.39, 0.29) is 23.3 Å². The van der Waals surface area contributed by atoms with E-state index in [4.69, 9.17) is 4.74 Å². The minimum absolute atomic E-state index is 0.00684. The molecule has 0 spiro atoms. The molecule has 0 bridgehead atoms. The third-order valence-corrected chi connectivity index (χ3v) is 5.01. The van der Waals surface area contributed by atoms with Gasteiger partial charge in [0.05, 0.1) is 12.0 Å². The molecule has 26 heavy (non-hydrogen) atoms. The van der Waals surface area contributed by atoms with Gasteiger partial charge >= 0.3 is 5.69 Å². The van der Waals surface area contributed by atoms with Crippen molar-refractivity contribution in [3.8, 4) is 5.75 Å². The molecule has 144 valence electrons. The SMILES string of the molecule is CCCCN(C)C(=O)C1CCN(Cc2ccc(OC)c([N+](=O)[O-])c2)CC1. The zero-order chi connectivity index (χ0) is 19.1. The second kappa shape index (κ2) is 9.52. The highest BCUT2D eigenvalue weighted by Crippen LogP contribution is 2.29. The lowest BCUT2D eigenvalue weighted by atomic mass is 9.95. The Balaban J connectivity index is 1.90. The summed E-state index contributed by atoms with van der Waals surface area (Å²) in [7, 11) is 3.32. The number of piperidine rings is 1. The summed E-state index contributed by atoms with van der Waals surface area (Å²) in [5.41, 5.74) is 0.884. The van der Waals surface area contributed by atoms with Gasteiger partial charge in [0.15, 0.2) is 5.75 Å². The predicted molar refractivity (Wildman–Crippen MR) is 100 cm³/mol. The summed E-state index contributed by atoms with van der Waals surface area (Å²) in [6.45, 7) is 5.26. The first kappa shape index (κ1) is 20.2. The van der Waals surface area contributed by atoms with Crippen LogP contribution in [0.15, 0.2) is 18.2 Å². The van der Waals surface area contributed by atoms with Crippen LogP contribution in [0.5, 0.6) is 5.75 Å². The van der Waals surface area contributed by atoms with Gasteiger partial charge in [-0.15, -0.1) is 0 Å². The number of nitro groups is 1. The van der Waals surface area contributed by atoms with Gasteiger partial charge in [-0.1, -0.05) is 19.4 Å². The molecule has 0 radical (unpaired) electrons. The van der Waals surface area contributed by atoms with Crippen molar-refractivity contribution >= 4 is 11.6 Å². The van der Waals surface area contributed by atoms with Gasteiger partial charge < -0.3 is 9.64 Å². The van der Waals surface area contributed by atoms with E-state index in [0.717, 1.165) is 50.9 Å². The number of hydrogen-bond donors (Lipinski definition) is 0. The van der Waals surface area contributed by atoms with E-state index in [1.807, 2.05) is 18.0 Å². The molecule has 7 heteroatoms. The minimum atomic E-state index is -0.417. The quantitative estimate of drug-likeness (QED) is 0.524. The Kier molecular flexibility index (Phi) is 7.38. The molecule has 0 aromatic heterocycles.